The van der Waals surface area contributed by atoms with Crippen molar-refractivity contribution in [2.24, 2.45) is 4.99 Å². The van der Waals surface area contributed by atoms with E-state index in [1.807, 2.05) is 30.3 Å². The summed E-state index contributed by atoms with van der Waals surface area (Å²) >= 11 is 5.78. The number of anilines is 1. The first-order chi connectivity index (χ1) is 12.3. The Morgan fingerprint density at radius 1 is 1.04 bits per heavy atom. The van der Waals surface area contributed by atoms with E-state index in [-0.39, 0.29) is 0 Å². The van der Waals surface area contributed by atoms with Gasteiger partial charge in [-0.3, -0.25) is 4.99 Å². The molecule has 0 aliphatic rings. The predicted octanol–water partition coefficient (Wildman–Crippen LogP) is 2.73. The second-order valence-electron chi connectivity index (χ2n) is 5.51. The van der Waals surface area contributed by atoms with Gasteiger partial charge >= 0.3 is 0 Å². The molecule has 2 heterocycles. The van der Waals surface area contributed by atoms with E-state index in [9.17, 15) is 0 Å². The lowest BCUT2D eigenvalue weighted by molar-refractivity contribution is 0.710. The van der Waals surface area contributed by atoms with Crippen LogP contribution in [0.25, 0.3) is 0 Å². The maximum absolute atomic E-state index is 5.78. The molecule has 0 saturated heterocycles. The van der Waals surface area contributed by atoms with Gasteiger partial charge in [0, 0.05) is 39.1 Å². The molecule has 2 rings (SSSR count). The van der Waals surface area contributed by atoms with Crippen LogP contribution in [0.2, 0.25) is 5.15 Å². The highest BCUT2D eigenvalue weighted by atomic mass is 35.5. The van der Waals surface area contributed by atoms with Gasteiger partial charge in [-0.1, -0.05) is 23.7 Å². The first-order valence-corrected chi connectivity index (χ1v) is 8.85. The Kier molecular flexibility index (Phi) is 8.55. The van der Waals surface area contributed by atoms with E-state index >= 15 is 0 Å². The Morgan fingerprint density at radius 2 is 1.88 bits per heavy atom. The predicted molar refractivity (Wildman–Crippen MR) is 104 cm³/mol. The molecule has 0 aliphatic heterocycles. The number of hydrogen-bond acceptors (Lipinski definition) is 4. The Balaban J connectivity index is 1.53. The molecule has 2 aromatic rings. The standard InChI is InChI=1S/C18H25ClN6/c1-20-18(24-13-9-15-7-8-16(19)25-14-15)23-12-5-4-11-22-17-6-2-3-10-21-17/h2-3,6-8,10,14H,4-5,9,11-13H2,1H3,(H,21,22)(H2,20,23,24). The van der Waals surface area contributed by atoms with E-state index in [1.54, 1.807) is 19.4 Å². The lowest BCUT2D eigenvalue weighted by Gasteiger charge is -2.12. The monoisotopic (exact) mass is 360 g/mol. The number of guanidine groups is 1. The molecule has 7 heteroatoms. The van der Waals surface area contributed by atoms with Crippen LogP contribution in [-0.2, 0) is 6.42 Å². The maximum atomic E-state index is 5.78. The van der Waals surface area contributed by atoms with Gasteiger partial charge in [0.05, 0.1) is 0 Å². The van der Waals surface area contributed by atoms with Crippen molar-refractivity contribution in [1.29, 1.82) is 0 Å². The summed E-state index contributed by atoms with van der Waals surface area (Å²) in [4.78, 5) is 12.5. The summed E-state index contributed by atoms with van der Waals surface area (Å²) in [5, 5.41) is 10.4. The molecule has 0 amide bonds. The number of rotatable bonds is 9. The molecule has 0 radical (unpaired) electrons. The number of pyridine rings is 2. The number of unbranched alkanes of at least 4 members (excludes halogenated alkanes) is 1. The number of hydrogen-bond donors (Lipinski definition) is 3. The lowest BCUT2D eigenvalue weighted by Crippen LogP contribution is -2.38. The van der Waals surface area contributed by atoms with E-state index in [0.717, 1.165) is 56.2 Å². The van der Waals surface area contributed by atoms with Crippen LogP contribution in [0, 0.1) is 0 Å². The molecule has 6 nitrogen and oxygen atoms in total. The lowest BCUT2D eigenvalue weighted by atomic mass is 10.2. The number of nitrogens with zero attached hydrogens (tertiary/aromatic N) is 3. The van der Waals surface area contributed by atoms with E-state index in [1.165, 1.54) is 0 Å². The van der Waals surface area contributed by atoms with Gasteiger partial charge in [0.15, 0.2) is 5.96 Å². The van der Waals surface area contributed by atoms with E-state index < -0.39 is 0 Å². The first-order valence-electron chi connectivity index (χ1n) is 8.48. The first kappa shape index (κ1) is 19.0. The minimum absolute atomic E-state index is 0.520. The molecular weight excluding hydrogens is 336 g/mol. The molecule has 0 bridgehead atoms. The zero-order valence-electron chi connectivity index (χ0n) is 14.5. The molecule has 0 aromatic carbocycles. The largest absolute Gasteiger partial charge is 0.370 e. The van der Waals surface area contributed by atoms with Gasteiger partial charge in [0.25, 0.3) is 0 Å². The summed E-state index contributed by atoms with van der Waals surface area (Å²) in [5.41, 5.74) is 1.15. The van der Waals surface area contributed by atoms with Crippen molar-refractivity contribution in [3.05, 3.63) is 53.4 Å². The van der Waals surface area contributed by atoms with E-state index in [2.05, 4.69) is 30.9 Å². The van der Waals surface area contributed by atoms with Gasteiger partial charge in [-0.05, 0) is 43.0 Å². The zero-order valence-corrected chi connectivity index (χ0v) is 15.3. The van der Waals surface area contributed by atoms with Gasteiger partial charge < -0.3 is 16.0 Å². The van der Waals surface area contributed by atoms with Crippen LogP contribution >= 0.6 is 11.6 Å². The minimum atomic E-state index is 0.520. The van der Waals surface area contributed by atoms with Gasteiger partial charge in [0.1, 0.15) is 11.0 Å². The second kappa shape index (κ2) is 11.3. The van der Waals surface area contributed by atoms with Crippen molar-refractivity contribution in [3.63, 3.8) is 0 Å². The second-order valence-corrected chi connectivity index (χ2v) is 5.90. The van der Waals surface area contributed by atoms with Gasteiger partial charge in [-0.15, -0.1) is 0 Å². The van der Waals surface area contributed by atoms with Crippen molar-refractivity contribution in [2.45, 2.75) is 19.3 Å². The van der Waals surface area contributed by atoms with Gasteiger partial charge in [-0.25, -0.2) is 9.97 Å². The van der Waals surface area contributed by atoms with Crippen molar-refractivity contribution >= 4 is 23.4 Å². The molecular formula is C18H25ClN6. The summed E-state index contributed by atoms with van der Waals surface area (Å²) < 4.78 is 0. The summed E-state index contributed by atoms with van der Waals surface area (Å²) in [6.07, 6.45) is 6.59. The fourth-order valence-corrected chi connectivity index (χ4v) is 2.35. The maximum Gasteiger partial charge on any atom is 0.190 e. The number of aliphatic imine (C=N–C) groups is 1. The van der Waals surface area contributed by atoms with Crippen LogP contribution in [0.3, 0.4) is 0 Å². The molecule has 3 N–H and O–H groups in total. The van der Waals surface area contributed by atoms with Crippen LogP contribution in [-0.4, -0.2) is 42.6 Å². The fraction of sp³-hybridized carbons (Fsp3) is 0.389. The minimum Gasteiger partial charge on any atom is -0.370 e. The third-order valence-corrected chi connectivity index (χ3v) is 3.81. The van der Waals surface area contributed by atoms with Crippen molar-refractivity contribution < 1.29 is 0 Å². The van der Waals surface area contributed by atoms with Crippen molar-refractivity contribution in [3.8, 4) is 0 Å². The SMILES string of the molecule is CN=C(NCCCCNc1ccccn1)NCCc1ccc(Cl)nc1. The zero-order chi connectivity index (χ0) is 17.7. The normalized spacial score (nSPS) is 11.2. The van der Waals surface area contributed by atoms with Crippen molar-refractivity contribution in [2.75, 3.05) is 32.0 Å². The Labute approximate surface area is 154 Å². The van der Waals surface area contributed by atoms with Gasteiger partial charge in [-0.2, -0.15) is 0 Å². The van der Waals surface area contributed by atoms with Crippen LogP contribution in [0.15, 0.2) is 47.7 Å². The highest BCUT2D eigenvalue weighted by Crippen LogP contribution is 2.05. The van der Waals surface area contributed by atoms with Crippen LogP contribution < -0.4 is 16.0 Å². The summed E-state index contributed by atoms with van der Waals surface area (Å²) in [6.45, 7) is 2.59. The van der Waals surface area contributed by atoms with Crippen LogP contribution in [0.4, 0.5) is 5.82 Å². The topological polar surface area (TPSA) is 74.2 Å². The number of nitrogens with one attached hydrogen (secondary N) is 3. The third-order valence-electron chi connectivity index (χ3n) is 3.59. The van der Waals surface area contributed by atoms with Crippen LogP contribution in [0.5, 0.6) is 0 Å². The molecule has 0 saturated carbocycles. The summed E-state index contributed by atoms with van der Waals surface area (Å²) in [5.74, 6) is 1.74. The Morgan fingerprint density at radius 3 is 2.60 bits per heavy atom. The fourth-order valence-electron chi connectivity index (χ4n) is 2.24. The Bertz CT molecular complexity index is 630. The average Bonchev–Trinajstić information content (AvgIpc) is 2.65. The Hall–Kier alpha value is -2.34. The molecule has 134 valence electrons. The van der Waals surface area contributed by atoms with Crippen LogP contribution in [0.1, 0.15) is 18.4 Å². The smallest absolute Gasteiger partial charge is 0.190 e. The molecule has 0 unspecified atom stereocenters. The highest BCUT2D eigenvalue weighted by molar-refractivity contribution is 6.29. The molecule has 25 heavy (non-hydrogen) atoms. The molecule has 0 atom stereocenters. The summed E-state index contributed by atoms with van der Waals surface area (Å²) in [6, 6.07) is 9.66. The molecule has 0 aliphatic carbocycles. The quantitative estimate of drug-likeness (QED) is 0.277. The molecule has 2 aromatic heterocycles. The van der Waals surface area contributed by atoms with Crippen molar-refractivity contribution in [1.82, 2.24) is 20.6 Å². The highest BCUT2D eigenvalue weighted by Gasteiger charge is 1.99. The van der Waals surface area contributed by atoms with Gasteiger partial charge in [0.2, 0.25) is 0 Å². The third kappa shape index (κ3) is 7.85. The van der Waals surface area contributed by atoms with E-state index in [0.29, 0.717) is 5.15 Å². The number of aromatic nitrogens is 2. The average molecular weight is 361 g/mol. The summed E-state index contributed by atoms with van der Waals surface area (Å²) in [7, 11) is 1.78. The number of halogens is 1. The van der Waals surface area contributed by atoms with E-state index in [4.69, 9.17) is 11.6 Å². The molecule has 0 spiro atoms. The molecule has 0 fully saturated rings.